The maximum absolute atomic E-state index is 12.4. The number of nitrogens with zero attached hydrogens (tertiary/aromatic N) is 3. The van der Waals surface area contributed by atoms with E-state index in [0.29, 0.717) is 21.9 Å². The van der Waals surface area contributed by atoms with Crippen molar-refractivity contribution in [3.63, 3.8) is 0 Å². The van der Waals surface area contributed by atoms with Gasteiger partial charge in [0.05, 0.1) is 23.6 Å². The highest BCUT2D eigenvalue weighted by Gasteiger charge is 2.19. The summed E-state index contributed by atoms with van der Waals surface area (Å²) in [6.45, 7) is 4.14. The molecule has 3 aromatic heterocycles. The molecule has 0 unspecified atom stereocenters. The molecule has 0 aliphatic heterocycles. The molecule has 0 saturated carbocycles. The molecule has 0 aliphatic rings. The van der Waals surface area contributed by atoms with Crippen LogP contribution in [0.5, 0.6) is 0 Å². The number of fused-ring (bicyclic) bond motifs is 1. The topological polar surface area (TPSA) is 93.8 Å². The van der Waals surface area contributed by atoms with Crippen LogP contribution in [0, 0.1) is 13.8 Å². The van der Waals surface area contributed by atoms with Crippen LogP contribution in [0.3, 0.4) is 0 Å². The van der Waals surface area contributed by atoms with E-state index in [2.05, 4.69) is 36.4 Å². The van der Waals surface area contributed by atoms with Crippen molar-refractivity contribution in [2.75, 3.05) is 5.73 Å². The molecule has 1 amide bonds. The van der Waals surface area contributed by atoms with E-state index in [0.717, 1.165) is 26.8 Å². The van der Waals surface area contributed by atoms with Crippen molar-refractivity contribution in [3.05, 3.63) is 44.6 Å². The molecular formula is C15H14BrN5OS. The molecule has 23 heavy (non-hydrogen) atoms. The van der Waals surface area contributed by atoms with Crippen molar-refractivity contribution in [2.24, 2.45) is 0 Å². The molecule has 0 bridgehead atoms. The average molecular weight is 392 g/mol. The highest BCUT2D eigenvalue weighted by Crippen LogP contribution is 2.34. The van der Waals surface area contributed by atoms with Gasteiger partial charge in [0.1, 0.15) is 9.71 Å². The molecular weight excluding hydrogens is 378 g/mol. The van der Waals surface area contributed by atoms with E-state index in [9.17, 15) is 4.79 Å². The third-order valence-electron chi connectivity index (χ3n) is 3.56. The number of carbonyl (C=O) groups excluding carboxylic acids is 1. The van der Waals surface area contributed by atoms with Crippen LogP contribution >= 0.6 is 27.3 Å². The lowest BCUT2D eigenvalue weighted by atomic mass is 10.1. The maximum atomic E-state index is 12.4. The number of thiophene rings is 1. The summed E-state index contributed by atoms with van der Waals surface area (Å²) in [6, 6.07) is 3.72. The van der Waals surface area contributed by atoms with E-state index >= 15 is 0 Å². The highest BCUT2D eigenvalue weighted by molar-refractivity contribution is 9.10. The summed E-state index contributed by atoms with van der Waals surface area (Å²) < 4.78 is 0.894. The predicted octanol–water partition coefficient (Wildman–Crippen LogP) is 2.98. The zero-order valence-electron chi connectivity index (χ0n) is 12.6. The van der Waals surface area contributed by atoms with E-state index in [-0.39, 0.29) is 5.91 Å². The summed E-state index contributed by atoms with van der Waals surface area (Å²) in [7, 11) is 0. The van der Waals surface area contributed by atoms with Crippen LogP contribution in [0.1, 0.15) is 26.6 Å². The van der Waals surface area contributed by atoms with Crippen LogP contribution in [-0.2, 0) is 6.54 Å². The molecule has 0 aliphatic carbocycles. The second-order valence-corrected chi connectivity index (χ2v) is 7.00. The number of rotatable bonds is 3. The second kappa shape index (κ2) is 6.21. The van der Waals surface area contributed by atoms with Gasteiger partial charge in [0.2, 0.25) is 0 Å². The lowest BCUT2D eigenvalue weighted by Gasteiger charge is -2.04. The Kier molecular flexibility index (Phi) is 4.27. The number of hydrogen-bond acceptors (Lipinski definition) is 6. The first-order valence-corrected chi connectivity index (χ1v) is 8.49. The third-order valence-corrected chi connectivity index (χ3v) is 5.12. The monoisotopic (exact) mass is 391 g/mol. The van der Waals surface area contributed by atoms with Gasteiger partial charge in [0, 0.05) is 16.1 Å². The Morgan fingerprint density at radius 1 is 1.35 bits per heavy atom. The smallest absolute Gasteiger partial charge is 0.263 e. The number of carbonyl (C=O) groups is 1. The molecule has 3 heterocycles. The minimum Gasteiger partial charge on any atom is -0.397 e. The van der Waals surface area contributed by atoms with Crippen molar-refractivity contribution >= 4 is 49.1 Å². The van der Waals surface area contributed by atoms with E-state index in [1.165, 1.54) is 11.3 Å². The number of anilines is 1. The fourth-order valence-corrected chi connectivity index (χ4v) is 3.42. The van der Waals surface area contributed by atoms with Crippen LogP contribution < -0.4 is 11.1 Å². The quantitative estimate of drug-likeness (QED) is 0.715. The predicted molar refractivity (Wildman–Crippen MR) is 94.4 cm³/mol. The maximum Gasteiger partial charge on any atom is 0.263 e. The lowest BCUT2D eigenvalue weighted by molar-refractivity contribution is 0.0955. The summed E-state index contributed by atoms with van der Waals surface area (Å²) in [4.78, 5) is 17.8. The zero-order valence-corrected chi connectivity index (χ0v) is 15.0. The Bertz CT molecular complexity index is 891. The minimum absolute atomic E-state index is 0.229. The summed E-state index contributed by atoms with van der Waals surface area (Å²) in [5.41, 5.74) is 9.16. The number of halogens is 1. The lowest BCUT2D eigenvalue weighted by Crippen LogP contribution is -2.23. The van der Waals surface area contributed by atoms with Crippen LogP contribution in [0.2, 0.25) is 0 Å². The number of hydrogen-bond donors (Lipinski definition) is 2. The molecule has 3 N–H and O–H groups in total. The Hall–Kier alpha value is -2.06. The van der Waals surface area contributed by atoms with E-state index in [4.69, 9.17) is 5.73 Å². The van der Waals surface area contributed by atoms with Gasteiger partial charge in [0.15, 0.2) is 0 Å². The number of aromatic nitrogens is 3. The van der Waals surface area contributed by atoms with Crippen molar-refractivity contribution in [3.8, 4) is 0 Å². The number of nitrogens with one attached hydrogen (secondary N) is 1. The van der Waals surface area contributed by atoms with Gasteiger partial charge in [-0.3, -0.25) is 9.78 Å². The van der Waals surface area contributed by atoms with Crippen LogP contribution in [0.4, 0.5) is 5.69 Å². The first-order chi connectivity index (χ1) is 11.0. The van der Waals surface area contributed by atoms with Gasteiger partial charge in [0.25, 0.3) is 5.91 Å². The summed E-state index contributed by atoms with van der Waals surface area (Å²) >= 11 is 4.58. The fraction of sp³-hybridized carbons (Fsp3) is 0.200. The molecule has 6 nitrogen and oxygen atoms in total. The molecule has 0 fully saturated rings. The molecule has 8 heteroatoms. The Labute approximate surface area is 145 Å². The molecule has 0 spiro atoms. The number of aryl methyl sites for hydroxylation is 2. The van der Waals surface area contributed by atoms with Crippen molar-refractivity contribution in [2.45, 2.75) is 20.4 Å². The molecule has 0 radical (unpaired) electrons. The zero-order chi connectivity index (χ0) is 16.6. The van der Waals surface area contributed by atoms with Gasteiger partial charge in [-0.15, -0.1) is 16.4 Å². The Morgan fingerprint density at radius 2 is 2.13 bits per heavy atom. The number of nitrogens with two attached hydrogens (primary N) is 1. The molecule has 118 valence electrons. The van der Waals surface area contributed by atoms with Crippen molar-refractivity contribution < 1.29 is 4.79 Å². The average Bonchev–Trinajstić information content (AvgIpc) is 2.88. The molecule has 0 atom stereocenters. The third kappa shape index (κ3) is 3.04. The molecule has 3 rings (SSSR count). The Balaban J connectivity index is 1.85. The first-order valence-electron chi connectivity index (χ1n) is 6.88. The van der Waals surface area contributed by atoms with Gasteiger partial charge in [-0.1, -0.05) is 0 Å². The van der Waals surface area contributed by atoms with Gasteiger partial charge in [-0.25, -0.2) is 0 Å². The largest absolute Gasteiger partial charge is 0.397 e. The van der Waals surface area contributed by atoms with Gasteiger partial charge in [-0.2, -0.15) is 5.10 Å². The Morgan fingerprint density at radius 3 is 2.83 bits per heavy atom. The van der Waals surface area contributed by atoms with Crippen molar-refractivity contribution in [1.29, 1.82) is 0 Å². The summed E-state index contributed by atoms with van der Waals surface area (Å²) in [5, 5.41) is 11.9. The van der Waals surface area contributed by atoms with Crippen LogP contribution in [0.15, 0.2) is 22.8 Å². The second-order valence-electron chi connectivity index (χ2n) is 5.09. The van der Waals surface area contributed by atoms with Gasteiger partial charge >= 0.3 is 0 Å². The van der Waals surface area contributed by atoms with Crippen LogP contribution in [0.25, 0.3) is 10.2 Å². The standard InChI is InChI=1S/C15H14BrN5OS/c1-7-8(2)20-21-15-11(7)12(17)13(23-15)14(22)19-6-10-4-3-9(16)5-18-10/h3-5H,6,17H2,1-2H3,(H,19,22). The van der Waals surface area contributed by atoms with E-state index in [1.54, 1.807) is 6.20 Å². The number of amides is 1. The normalized spacial score (nSPS) is 10.9. The molecule has 0 aromatic carbocycles. The van der Waals surface area contributed by atoms with Gasteiger partial charge < -0.3 is 11.1 Å². The minimum atomic E-state index is -0.229. The SMILES string of the molecule is Cc1nnc2sc(C(=O)NCc3ccc(Br)cn3)c(N)c2c1C. The number of nitrogen functional groups attached to an aromatic ring is 1. The van der Waals surface area contributed by atoms with E-state index in [1.807, 2.05) is 26.0 Å². The number of pyridine rings is 1. The van der Waals surface area contributed by atoms with Crippen molar-refractivity contribution in [1.82, 2.24) is 20.5 Å². The molecule has 0 saturated heterocycles. The van der Waals surface area contributed by atoms with Crippen LogP contribution in [-0.4, -0.2) is 21.1 Å². The summed E-state index contributed by atoms with van der Waals surface area (Å²) in [5.74, 6) is -0.229. The fourth-order valence-electron chi connectivity index (χ4n) is 2.17. The highest BCUT2D eigenvalue weighted by atomic mass is 79.9. The summed E-state index contributed by atoms with van der Waals surface area (Å²) in [6.07, 6.45) is 1.69. The van der Waals surface area contributed by atoms with E-state index < -0.39 is 0 Å². The first kappa shape index (κ1) is 15.8. The molecule has 3 aromatic rings. The van der Waals surface area contributed by atoms with Gasteiger partial charge in [-0.05, 0) is 47.5 Å².